The minimum atomic E-state index is -1.05. The lowest BCUT2D eigenvalue weighted by Gasteiger charge is -2.51. The first-order valence-electron chi connectivity index (χ1n) is 16.9. The summed E-state index contributed by atoms with van der Waals surface area (Å²) in [5.74, 6) is -1.55. The van der Waals surface area contributed by atoms with Gasteiger partial charge in [-0.3, -0.25) is 0 Å². The van der Waals surface area contributed by atoms with Gasteiger partial charge in [0.25, 0.3) is 0 Å². The van der Waals surface area contributed by atoms with Gasteiger partial charge in [0.15, 0.2) is 5.65 Å². The van der Waals surface area contributed by atoms with Crippen LogP contribution in [0.1, 0.15) is 58.6 Å². The molecule has 1 unspecified atom stereocenters. The molecule has 0 aliphatic carbocycles. The smallest absolute Gasteiger partial charge is 0.407 e. The molecule has 51 heavy (non-hydrogen) atoms. The zero-order valence-electron chi connectivity index (χ0n) is 30.2. The number of para-hydroxylation sites is 1. The average molecular weight is 706 g/mol. The highest BCUT2D eigenvalue weighted by Crippen LogP contribution is 2.38. The first-order valence-corrected chi connectivity index (χ1v) is 16.9. The van der Waals surface area contributed by atoms with Gasteiger partial charge < -0.3 is 30.3 Å². The van der Waals surface area contributed by atoms with Crippen LogP contribution in [-0.4, -0.2) is 82.1 Å². The number of carbonyl (C=O) groups is 2. The SMILES string of the molecule is COCCNC(=O)Nc1ccc(-c2nc3c(cc2F)c(N2CCN(C(=O)O)[C@@H](C(C)(C)C)C2C)nc(=O)n3-c2c(C)cccc2C(C)C)c(F)c1. The Balaban J connectivity index is 1.73. The van der Waals surface area contributed by atoms with Gasteiger partial charge in [0, 0.05) is 44.0 Å². The van der Waals surface area contributed by atoms with Crippen LogP contribution in [0.4, 0.5) is 29.9 Å². The molecule has 1 aliphatic rings. The number of carboxylic acid groups (broad SMARTS) is 1. The first-order chi connectivity index (χ1) is 24.0. The third-order valence-corrected chi connectivity index (χ3v) is 9.26. The number of halogens is 2. The number of piperazine rings is 1. The Morgan fingerprint density at radius 2 is 1.80 bits per heavy atom. The van der Waals surface area contributed by atoms with Crippen molar-refractivity contribution in [3.8, 4) is 16.9 Å². The lowest BCUT2D eigenvalue weighted by atomic mass is 9.80. The summed E-state index contributed by atoms with van der Waals surface area (Å²) in [7, 11) is 1.50. The molecule has 3 amide bonds. The number of fused-ring (bicyclic) bond motifs is 1. The van der Waals surface area contributed by atoms with E-state index in [0.29, 0.717) is 12.3 Å². The number of anilines is 2. The van der Waals surface area contributed by atoms with Gasteiger partial charge in [-0.2, -0.15) is 4.98 Å². The summed E-state index contributed by atoms with van der Waals surface area (Å²) >= 11 is 0. The van der Waals surface area contributed by atoms with Gasteiger partial charge >= 0.3 is 17.8 Å². The van der Waals surface area contributed by atoms with Gasteiger partial charge in [-0.15, -0.1) is 0 Å². The Hall–Kier alpha value is -5.11. The molecule has 0 spiro atoms. The van der Waals surface area contributed by atoms with Crippen LogP contribution in [0.5, 0.6) is 0 Å². The standard InChI is InChI=1S/C37H45F2N7O5/c1-20(2)24-11-9-10-21(3)30(24)46-33-26(32(43-35(46)48)44-15-16-45(36(49)50)31(22(44)4)37(5,6)7)19-28(39)29(42-33)25-13-12-23(18-27(25)38)41-34(47)40-14-17-51-8/h9-13,18-20,22,31H,14-17H2,1-8H3,(H,49,50)(H2,40,41,47)/t22?,31-/m1/s1. The molecule has 5 rings (SSSR count). The highest BCUT2D eigenvalue weighted by Gasteiger charge is 2.44. The Kier molecular flexibility index (Phi) is 10.7. The first kappa shape index (κ1) is 37.2. The lowest BCUT2D eigenvalue weighted by molar-refractivity contribution is 0.0562. The highest BCUT2D eigenvalue weighted by molar-refractivity contribution is 5.92. The largest absolute Gasteiger partial charge is 0.465 e. The van der Waals surface area contributed by atoms with Gasteiger partial charge in [0.05, 0.1) is 23.7 Å². The topological polar surface area (TPSA) is 142 Å². The summed E-state index contributed by atoms with van der Waals surface area (Å²) in [5, 5.41) is 15.4. The Morgan fingerprint density at radius 3 is 2.43 bits per heavy atom. The van der Waals surface area contributed by atoms with E-state index in [0.717, 1.165) is 17.2 Å². The van der Waals surface area contributed by atoms with Gasteiger partial charge in [-0.1, -0.05) is 52.8 Å². The third kappa shape index (κ3) is 7.36. The van der Waals surface area contributed by atoms with Crippen molar-refractivity contribution in [3.63, 3.8) is 0 Å². The third-order valence-electron chi connectivity index (χ3n) is 9.26. The zero-order valence-corrected chi connectivity index (χ0v) is 30.2. The molecule has 3 heterocycles. The van der Waals surface area contributed by atoms with Gasteiger partial charge in [0.1, 0.15) is 23.1 Å². The van der Waals surface area contributed by atoms with Crippen LogP contribution >= 0.6 is 0 Å². The second-order valence-corrected chi connectivity index (χ2v) is 14.2. The molecule has 0 bridgehead atoms. The van der Waals surface area contributed by atoms with E-state index < -0.39 is 46.9 Å². The normalized spacial score (nSPS) is 16.5. The number of aromatic nitrogens is 3. The monoisotopic (exact) mass is 705 g/mol. The molecule has 3 N–H and O–H groups in total. The highest BCUT2D eigenvalue weighted by atomic mass is 19.1. The van der Waals surface area contributed by atoms with Crippen LogP contribution in [0.15, 0.2) is 47.3 Å². The number of aryl methyl sites for hydroxylation is 1. The second-order valence-electron chi connectivity index (χ2n) is 14.2. The molecule has 1 fully saturated rings. The van der Waals surface area contributed by atoms with E-state index in [-0.39, 0.29) is 59.3 Å². The van der Waals surface area contributed by atoms with Crippen LogP contribution in [-0.2, 0) is 4.74 Å². The number of benzene rings is 2. The maximum absolute atomic E-state index is 16.3. The minimum Gasteiger partial charge on any atom is -0.465 e. The molecule has 2 aromatic carbocycles. The van der Waals surface area contributed by atoms with Gasteiger partial charge in [-0.05, 0) is 60.6 Å². The van der Waals surface area contributed by atoms with E-state index in [4.69, 9.17) is 4.74 Å². The number of hydrogen-bond acceptors (Lipinski definition) is 7. The van der Waals surface area contributed by atoms with Crippen LogP contribution in [0.2, 0.25) is 0 Å². The fourth-order valence-corrected chi connectivity index (χ4v) is 7.09. The van der Waals surface area contributed by atoms with Crippen LogP contribution < -0.4 is 21.2 Å². The fraction of sp³-hybridized carbons (Fsp3) is 0.432. The van der Waals surface area contributed by atoms with Crippen LogP contribution in [0.25, 0.3) is 28.0 Å². The van der Waals surface area contributed by atoms with Crippen molar-refractivity contribution in [1.29, 1.82) is 0 Å². The number of hydrogen-bond donors (Lipinski definition) is 3. The van der Waals surface area contributed by atoms with E-state index in [9.17, 15) is 19.5 Å². The summed E-state index contributed by atoms with van der Waals surface area (Å²) in [6.45, 7) is 14.4. The van der Waals surface area contributed by atoms with Crippen molar-refractivity contribution >= 4 is 34.7 Å². The van der Waals surface area contributed by atoms with E-state index >= 15 is 8.78 Å². The molecule has 0 radical (unpaired) electrons. The average Bonchev–Trinajstić information content (AvgIpc) is 3.04. The van der Waals surface area contributed by atoms with Gasteiger partial charge in [0.2, 0.25) is 0 Å². The molecule has 1 aliphatic heterocycles. The summed E-state index contributed by atoms with van der Waals surface area (Å²) in [5.41, 5.74) is 0.669. The molecule has 1 saturated heterocycles. The summed E-state index contributed by atoms with van der Waals surface area (Å²) < 4.78 is 38.3. The minimum absolute atomic E-state index is 0.0118. The van der Waals surface area contributed by atoms with Crippen molar-refractivity contribution in [3.05, 3.63) is 75.7 Å². The van der Waals surface area contributed by atoms with E-state index in [1.165, 1.54) is 34.8 Å². The second kappa shape index (κ2) is 14.6. The maximum atomic E-state index is 16.3. The Labute approximate surface area is 295 Å². The van der Waals surface area contributed by atoms with Crippen LogP contribution in [0.3, 0.4) is 0 Å². The van der Waals surface area contributed by atoms with Crippen molar-refractivity contribution < 1.29 is 28.2 Å². The number of carbonyl (C=O) groups excluding carboxylic acids is 1. The summed E-state index contributed by atoms with van der Waals surface area (Å²) in [4.78, 5) is 51.2. The van der Waals surface area contributed by atoms with Crippen molar-refractivity contribution in [1.82, 2.24) is 24.8 Å². The van der Waals surface area contributed by atoms with E-state index in [2.05, 4.69) is 20.6 Å². The van der Waals surface area contributed by atoms with Crippen LogP contribution in [0, 0.1) is 24.0 Å². The molecule has 14 heteroatoms. The predicted molar refractivity (Wildman–Crippen MR) is 193 cm³/mol. The fourth-order valence-electron chi connectivity index (χ4n) is 7.09. The Bertz CT molecular complexity index is 2030. The van der Waals surface area contributed by atoms with Gasteiger partial charge in [-0.25, -0.2) is 32.7 Å². The molecule has 272 valence electrons. The molecule has 2 atom stereocenters. The zero-order chi connectivity index (χ0) is 37.4. The van der Waals surface area contributed by atoms with Crippen molar-refractivity contribution in [2.75, 3.05) is 43.6 Å². The number of pyridine rings is 1. The molecule has 0 saturated carbocycles. The quantitative estimate of drug-likeness (QED) is 0.176. The molecular weight excluding hydrogens is 660 g/mol. The number of urea groups is 1. The number of nitrogens with one attached hydrogen (secondary N) is 2. The lowest BCUT2D eigenvalue weighted by Crippen LogP contribution is -2.64. The van der Waals surface area contributed by atoms with E-state index in [1.54, 1.807) is 0 Å². The predicted octanol–water partition coefficient (Wildman–Crippen LogP) is 6.53. The molecular formula is C37H45F2N7O5. The number of ether oxygens (including phenoxy) is 1. The number of rotatable bonds is 8. The molecule has 2 aromatic heterocycles. The number of methoxy groups -OCH3 is 1. The number of nitrogens with zero attached hydrogens (tertiary/aromatic N) is 5. The summed E-state index contributed by atoms with van der Waals surface area (Å²) in [6.07, 6.45) is -1.05. The van der Waals surface area contributed by atoms with Crippen molar-refractivity contribution in [2.24, 2.45) is 5.41 Å². The maximum Gasteiger partial charge on any atom is 0.407 e. The number of amides is 3. The van der Waals surface area contributed by atoms with Crippen molar-refractivity contribution in [2.45, 2.75) is 66.5 Å². The molecule has 4 aromatic rings. The molecule has 12 nitrogen and oxygen atoms in total. The Morgan fingerprint density at radius 1 is 1.08 bits per heavy atom. The van der Waals surface area contributed by atoms with E-state index in [1.807, 2.05) is 71.6 Å². The summed E-state index contributed by atoms with van der Waals surface area (Å²) in [6, 6.07) is 9.15.